The summed E-state index contributed by atoms with van der Waals surface area (Å²) in [6, 6.07) is 21.3. The largest absolute Gasteiger partial charge is 0.465 e. The molecular formula is C19H15NO2. The van der Waals surface area contributed by atoms with Crippen molar-refractivity contribution in [3.8, 4) is 11.1 Å². The van der Waals surface area contributed by atoms with Crippen molar-refractivity contribution in [2.75, 3.05) is 5.32 Å². The van der Waals surface area contributed by atoms with E-state index in [4.69, 9.17) is 4.42 Å². The lowest BCUT2D eigenvalue weighted by Crippen LogP contribution is -2.08. The van der Waals surface area contributed by atoms with Crippen molar-refractivity contribution in [3.05, 3.63) is 84.8 Å². The molecule has 0 aliphatic carbocycles. The molecule has 1 heterocycles. The number of hydrogen-bond donors (Lipinski definition) is 1. The second-order valence-electron chi connectivity index (χ2n) is 4.75. The van der Waals surface area contributed by atoms with Crippen molar-refractivity contribution >= 4 is 17.7 Å². The lowest BCUT2D eigenvalue weighted by atomic mass is 10.0. The molecule has 0 fully saturated rings. The maximum atomic E-state index is 12.1. The zero-order valence-corrected chi connectivity index (χ0v) is 11.9. The Morgan fingerprint density at radius 3 is 2.45 bits per heavy atom. The number of carbonyl (C=O) groups is 1. The fourth-order valence-corrected chi connectivity index (χ4v) is 2.18. The molecule has 0 spiro atoms. The summed E-state index contributed by atoms with van der Waals surface area (Å²) in [6.45, 7) is 0. The van der Waals surface area contributed by atoms with Crippen molar-refractivity contribution < 1.29 is 9.21 Å². The van der Waals surface area contributed by atoms with Crippen LogP contribution >= 0.6 is 0 Å². The first kappa shape index (κ1) is 13.9. The molecule has 108 valence electrons. The Labute approximate surface area is 128 Å². The number of anilines is 1. The molecule has 0 aliphatic rings. The normalized spacial score (nSPS) is 10.7. The fourth-order valence-electron chi connectivity index (χ4n) is 2.18. The minimum absolute atomic E-state index is 0.195. The number of nitrogens with one attached hydrogen (secondary N) is 1. The van der Waals surface area contributed by atoms with Crippen LogP contribution in [0.2, 0.25) is 0 Å². The standard InChI is InChI=1S/C19H15NO2/c21-19(13-12-16-9-6-14-22-16)20-18-11-5-4-10-17(18)15-7-2-1-3-8-15/h1-14H,(H,20,21). The highest BCUT2D eigenvalue weighted by Crippen LogP contribution is 2.27. The molecule has 1 amide bonds. The van der Waals surface area contributed by atoms with Gasteiger partial charge < -0.3 is 9.73 Å². The Balaban J connectivity index is 1.80. The number of carbonyl (C=O) groups excluding carboxylic acids is 1. The molecule has 0 radical (unpaired) electrons. The third-order valence-electron chi connectivity index (χ3n) is 3.21. The van der Waals surface area contributed by atoms with Crippen LogP contribution in [0.5, 0.6) is 0 Å². The average molecular weight is 289 g/mol. The highest BCUT2D eigenvalue weighted by molar-refractivity contribution is 6.04. The third kappa shape index (κ3) is 3.33. The van der Waals surface area contributed by atoms with Gasteiger partial charge in [-0.15, -0.1) is 0 Å². The molecule has 22 heavy (non-hydrogen) atoms. The van der Waals surface area contributed by atoms with Gasteiger partial charge in [0, 0.05) is 17.3 Å². The lowest BCUT2D eigenvalue weighted by molar-refractivity contribution is -0.111. The van der Waals surface area contributed by atoms with Crippen molar-refractivity contribution in [2.24, 2.45) is 0 Å². The first-order valence-corrected chi connectivity index (χ1v) is 7.00. The molecule has 3 nitrogen and oxygen atoms in total. The molecule has 0 saturated heterocycles. The van der Waals surface area contributed by atoms with Crippen LogP contribution in [0.4, 0.5) is 5.69 Å². The maximum absolute atomic E-state index is 12.1. The summed E-state index contributed by atoms with van der Waals surface area (Å²) in [5, 5.41) is 2.90. The lowest BCUT2D eigenvalue weighted by Gasteiger charge is -2.09. The van der Waals surface area contributed by atoms with Crippen molar-refractivity contribution in [1.29, 1.82) is 0 Å². The van der Waals surface area contributed by atoms with Gasteiger partial charge in [-0.25, -0.2) is 0 Å². The summed E-state index contributed by atoms with van der Waals surface area (Å²) in [6.07, 6.45) is 4.67. The minimum atomic E-state index is -0.195. The molecular weight excluding hydrogens is 274 g/mol. The number of furan rings is 1. The summed E-state index contributed by atoms with van der Waals surface area (Å²) in [5.74, 6) is 0.450. The van der Waals surface area contributed by atoms with Gasteiger partial charge in [-0.05, 0) is 29.8 Å². The molecule has 3 heteroatoms. The van der Waals surface area contributed by atoms with E-state index in [9.17, 15) is 4.79 Å². The number of rotatable bonds is 4. The zero-order chi connectivity index (χ0) is 15.2. The molecule has 0 atom stereocenters. The van der Waals surface area contributed by atoms with E-state index in [1.165, 1.54) is 6.08 Å². The Kier molecular flexibility index (Phi) is 4.16. The van der Waals surface area contributed by atoms with Crippen LogP contribution in [0.25, 0.3) is 17.2 Å². The topological polar surface area (TPSA) is 42.2 Å². The highest BCUT2D eigenvalue weighted by Gasteiger charge is 2.06. The molecule has 2 aromatic carbocycles. The second kappa shape index (κ2) is 6.59. The van der Waals surface area contributed by atoms with E-state index in [1.807, 2.05) is 54.6 Å². The van der Waals surface area contributed by atoms with E-state index >= 15 is 0 Å². The quantitative estimate of drug-likeness (QED) is 0.713. The van der Waals surface area contributed by atoms with Gasteiger partial charge in [0.1, 0.15) is 5.76 Å². The predicted octanol–water partition coefficient (Wildman–Crippen LogP) is 4.60. The Bertz CT molecular complexity index is 774. The van der Waals surface area contributed by atoms with E-state index in [0.29, 0.717) is 5.76 Å². The van der Waals surface area contributed by atoms with Gasteiger partial charge in [-0.2, -0.15) is 0 Å². The third-order valence-corrected chi connectivity index (χ3v) is 3.21. The van der Waals surface area contributed by atoms with Crippen molar-refractivity contribution in [2.45, 2.75) is 0 Å². The summed E-state index contributed by atoms with van der Waals surface area (Å²) in [4.78, 5) is 12.1. The maximum Gasteiger partial charge on any atom is 0.248 e. The molecule has 0 saturated carbocycles. The van der Waals surface area contributed by atoms with Crippen molar-refractivity contribution in [1.82, 2.24) is 0 Å². The van der Waals surface area contributed by atoms with Crippen LogP contribution in [0.15, 0.2) is 83.5 Å². The Hall–Kier alpha value is -3.07. The van der Waals surface area contributed by atoms with Crippen LogP contribution in [-0.4, -0.2) is 5.91 Å². The fraction of sp³-hybridized carbons (Fsp3) is 0. The summed E-state index contributed by atoms with van der Waals surface area (Å²) < 4.78 is 5.16. The number of para-hydroxylation sites is 1. The van der Waals surface area contributed by atoms with E-state index in [2.05, 4.69) is 5.32 Å². The van der Waals surface area contributed by atoms with E-state index < -0.39 is 0 Å². The minimum Gasteiger partial charge on any atom is -0.465 e. The molecule has 0 bridgehead atoms. The van der Waals surface area contributed by atoms with Gasteiger partial charge in [0.05, 0.1) is 6.26 Å². The molecule has 3 aromatic rings. The van der Waals surface area contributed by atoms with Gasteiger partial charge in [-0.1, -0.05) is 48.5 Å². The zero-order valence-electron chi connectivity index (χ0n) is 11.9. The molecule has 1 N–H and O–H groups in total. The number of benzene rings is 2. The van der Waals surface area contributed by atoms with Gasteiger partial charge in [0.2, 0.25) is 5.91 Å². The van der Waals surface area contributed by atoms with Gasteiger partial charge in [0.25, 0.3) is 0 Å². The van der Waals surface area contributed by atoms with E-state index in [-0.39, 0.29) is 5.91 Å². The highest BCUT2D eigenvalue weighted by atomic mass is 16.3. The summed E-state index contributed by atoms with van der Waals surface area (Å²) in [7, 11) is 0. The Morgan fingerprint density at radius 2 is 1.68 bits per heavy atom. The molecule has 0 aliphatic heterocycles. The van der Waals surface area contributed by atoms with Gasteiger partial charge in [0.15, 0.2) is 0 Å². The number of amides is 1. The first-order chi connectivity index (χ1) is 10.8. The van der Waals surface area contributed by atoms with Crippen molar-refractivity contribution in [3.63, 3.8) is 0 Å². The predicted molar refractivity (Wildman–Crippen MR) is 88.2 cm³/mol. The van der Waals surface area contributed by atoms with Gasteiger partial charge in [-0.3, -0.25) is 4.79 Å². The summed E-state index contributed by atoms with van der Waals surface area (Å²) in [5.41, 5.74) is 2.83. The first-order valence-electron chi connectivity index (χ1n) is 7.00. The molecule has 3 rings (SSSR count). The molecule has 1 aromatic heterocycles. The monoisotopic (exact) mass is 289 g/mol. The van der Waals surface area contributed by atoms with Crippen LogP contribution < -0.4 is 5.32 Å². The van der Waals surface area contributed by atoms with Crippen LogP contribution in [0.1, 0.15) is 5.76 Å². The Morgan fingerprint density at radius 1 is 0.909 bits per heavy atom. The summed E-state index contributed by atoms with van der Waals surface area (Å²) >= 11 is 0. The van der Waals surface area contributed by atoms with Crippen LogP contribution in [0, 0.1) is 0 Å². The SMILES string of the molecule is O=C(C=Cc1ccco1)Nc1ccccc1-c1ccccc1. The second-order valence-corrected chi connectivity index (χ2v) is 4.75. The van der Waals surface area contributed by atoms with Gasteiger partial charge >= 0.3 is 0 Å². The van der Waals surface area contributed by atoms with Crippen LogP contribution in [-0.2, 0) is 4.79 Å². The van der Waals surface area contributed by atoms with Crippen LogP contribution in [0.3, 0.4) is 0 Å². The average Bonchev–Trinajstić information content (AvgIpc) is 3.08. The smallest absolute Gasteiger partial charge is 0.248 e. The van der Waals surface area contributed by atoms with E-state index in [1.54, 1.807) is 24.5 Å². The molecule has 0 unspecified atom stereocenters. The number of hydrogen-bond acceptors (Lipinski definition) is 2. The van der Waals surface area contributed by atoms with E-state index in [0.717, 1.165) is 16.8 Å².